The van der Waals surface area contributed by atoms with Gasteiger partial charge in [-0.3, -0.25) is 4.79 Å². The van der Waals surface area contributed by atoms with Gasteiger partial charge in [-0.1, -0.05) is 38.4 Å². The van der Waals surface area contributed by atoms with Gasteiger partial charge >= 0.3 is 0 Å². The van der Waals surface area contributed by atoms with Crippen molar-refractivity contribution >= 4 is 17.5 Å². The third-order valence-corrected chi connectivity index (χ3v) is 3.78. The van der Waals surface area contributed by atoms with E-state index >= 15 is 0 Å². The molecule has 1 atom stereocenters. The number of benzene rings is 1. The second-order valence-electron chi connectivity index (χ2n) is 6.25. The van der Waals surface area contributed by atoms with E-state index in [9.17, 15) is 14.3 Å². The number of rotatable bonds is 2. The largest absolute Gasteiger partial charge is 0.508 e. The Morgan fingerprint density at radius 3 is 2.57 bits per heavy atom. The van der Waals surface area contributed by atoms with E-state index in [1.807, 2.05) is 20.8 Å². The van der Waals surface area contributed by atoms with E-state index in [-0.39, 0.29) is 28.4 Å². The molecule has 1 heterocycles. The van der Waals surface area contributed by atoms with Gasteiger partial charge in [0.15, 0.2) is 0 Å². The topological polar surface area (TPSA) is 66.6 Å². The fourth-order valence-corrected chi connectivity index (χ4v) is 2.76. The van der Waals surface area contributed by atoms with Crippen LogP contribution in [0, 0.1) is 11.2 Å². The van der Waals surface area contributed by atoms with Crippen molar-refractivity contribution in [2.45, 2.75) is 33.4 Å². The Hall–Kier alpha value is -1.75. The van der Waals surface area contributed by atoms with Crippen molar-refractivity contribution in [1.29, 1.82) is 0 Å². The molecule has 0 bridgehead atoms. The Kier molecular flexibility index (Phi) is 3.89. The summed E-state index contributed by atoms with van der Waals surface area (Å²) in [6, 6.07) is 3.75. The third-order valence-electron chi connectivity index (χ3n) is 3.50. The van der Waals surface area contributed by atoms with E-state index < -0.39 is 17.8 Å². The van der Waals surface area contributed by atoms with Crippen molar-refractivity contribution in [3.63, 3.8) is 0 Å². The van der Waals surface area contributed by atoms with E-state index in [2.05, 4.69) is 0 Å². The minimum atomic E-state index is -0.520. The number of nitrogens with zero attached hydrogens (tertiary/aromatic N) is 1. The Morgan fingerprint density at radius 1 is 1.43 bits per heavy atom. The van der Waals surface area contributed by atoms with Gasteiger partial charge in [-0.2, -0.15) is 0 Å². The SMILES string of the molecule is CC(C)(C)C1C(O)=C(N)C(=O)N1Cc1ccc(F)c(Cl)c1. The molecule has 1 unspecified atom stereocenters. The number of carbonyl (C=O) groups is 1. The highest BCUT2D eigenvalue weighted by Gasteiger charge is 2.44. The maximum atomic E-state index is 13.2. The molecule has 0 spiro atoms. The number of carbonyl (C=O) groups excluding carboxylic acids is 1. The fraction of sp³-hybridized carbons (Fsp3) is 0.400. The fourth-order valence-electron chi connectivity index (χ4n) is 2.55. The molecule has 0 radical (unpaired) electrons. The van der Waals surface area contributed by atoms with Gasteiger partial charge in [-0.05, 0) is 23.1 Å². The Bertz CT molecular complexity index is 623. The van der Waals surface area contributed by atoms with E-state index in [0.29, 0.717) is 5.56 Å². The molecular formula is C15H18ClFN2O2. The van der Waals surface area contributed by atoms with E-state index in [1.54, 1.807) is 6.07 Å². The Balaban J connectivity index is 2.34. The Labute approximate surface area is 128 Å². The van der Waals surface area contributed by atoms with Gasteiger partial charge in [0.2, 0.25) is 0 Å². The molecule has 4 nitrogen and oxygen atoms in total. The predicted octanol–water partition coefficient (Wildman–Crippen LogP) is 2.96. The van der Waals surface area contributed by atoms with E-state index in [0.717, 1.165) is 0 Å². The van der Waals surface area contributed by atoms with Crippen LogP contribution in [0.15, 0.2) is 29.7 Å². The molecule has 1 aromatic carbocycles. The summed E-state index contributed by atoms with van der Waals surface area (Å²) in [6.07, 6.45) is 0. The number of hydrogen-bond acceptors (Lipinski definition) is 3. The molecule has 21 heavy (non-hydrogen) atoms. The normalized spacial score (nSPS) is 19.6. The molecule has 0 saturated carbocycles. The van der Waals surface area contributed by atoms with Crippen LogP contribution in [0.4, 0.5) is 4.39 Å². The molecule has 0 aromatic heterocycles. The van der Waals surface area contributed by atoms with Gasteiger partial charge in [0.05, 0.1) is 11.1 Å². The van der Waals surface area contributed by atoms with Crippen LogP contribution in [0.2, 0.25) is 5.02 Å². The third kappa shape index (κ3) is 2.83. The number of halogens is 2. The Morgan fingerprint density at radius 2 is 2.05 bits per heavy atom. The van der Waals surface area contributed by atoms with Crippen LogP contribution < -0.4 is 5.73 Å². The summed E-state index contributed by atoms with van der Waals surface area (Å²) in [5.74, 6) is -1.05. The van der Waals surface area contributed by atoms with Gasteiger partial charge in [0.1, 0.15) is 17.3 Å². The maximum Gasteiger partial charge on any atom is 0.274 e. The quantitative estimate of drug-likeness (QED) is 0.882. The number of aliphatic hydroxyl groups excluding tert-OH is 1. The first-order chi connectivity index (χ1) is 9.62. The van der Waals surface area contributed by atoms with Gasteiger partial charge in [0, 0.05) is 6.54 Å². The number of amides is 1. The van der Waals surface area contributed by atoms with Crippen molar-refractivity contribution in [1.82, 2.24) is 4.90 Å². The lowest BCUT2D eigenvalue weighted by Crippen LogP contribution is -2.43. The van der Waals surface area contributed by atoms with Gasteiger partial charge in [-0.25, -0.2) is 4.39 Å². The molecule has 1 aromatic rings. The molecule has 6 heteroatoms. The molecule has 2 rings (SSSR count). The molecule has 114 valence electrons. The zero-order chi connectivity index (χ0) is 15.9. The summed E-state index contributed by atoms with van der Waals surface area (Å²) >= 11 is 5.76. The number of hydrogen-bond donors (Lipinski definition) is 2. The molecule has 1 aliphatic heterocycles. The van der Waals surface area contributed by atoms with Crippen LogP contribution in [0.1, 0.15) is 26.3 Å². The van der Waals surface area contributed by atoms with Crippen LogP contribution >= 0.6 is 11.6 Å². The lowest BCUT2D eigenvalue weighted by Gasteiger charge is -2.35. The van der Waals surface area contributed by atoms with Gasteiger partial charge in [0.25, 0.3) is 5.91 Å². The zero-order valence-corrected chi connectivity index (χ0v) is 12.9. The molecule has 0 aliphatic carbocycles. The van der Waals surface area contributed by atoms with Crippen LogP contribution in [0.5, 0.6) is 0 Å². The summed E-state index contributed by atoms with van der Waals surface area (Å²) in [5.41, 5.74) is 5.81. The smallest absolute Gasteiger partial charge is 0.274 e. The highest BCUT2D eigenvalue weighted by Crippen LogP contribution is 2.36. The maximum absolute atomic E-state index is 13.2. The highest BCUT2D eigenvalue weighted by atomic mass is 35.5. The van der Waals surface area contributed by atoms with Crippen molar-refractivity contribution in [3.05, 3.63) is 46.1 Å². The monoisotopic (exact) mass is 312 g/mol. The highest BCUT2D eigenvalue weighted by molar-refractivity contribution is 6.30. The van der Waals surface area contributed by atoms with Crippen molar-refractivity contribution in [2.24, 2.45) is 11.1 Å². The van der Waals surface area contributed by atoms with E-state index in [4.69, 9.17) is 17.3 Å². The molecule has 3 N–H and O–H groups in total. The summed E-state index contributed by atoms with van der Waals surface area (Å²) in [5, 5.41) is 10.1. The van der Waals surface area contributed by atoms with Gasteiger partial charge in [-0.15, -0.1) is 0 Å². The van der Waals surface area contributed by atoms with Crippen LogP contribution in [-0.4, -0.2) is 22.0 Å². The van der Waals surface area contributed by atoms with Gasteiger partial charge < -0.3 is 15.7 Å². The first-order valence-electron chi connectivity index (χ1n) is 6.56. The number of nitrogens with two attached hydrogens (primary N) is 1. The van der Waals surface area contributed by atoms with Crippen molar-refractivity contribution in [2.75, 3.05) is 0 Å². The average molecular weight is 313 g/mol. The lowest BCUT2D eigenvalue weighted by molar-refractivity contribution is -0.129. The minimum Gasteiger partial charge on any atom is -0.508 e. The van der Waals surface area contributed by atoms with Crippen LogP contribution in [0.25, 0.3) is 0 Å². The summed E-state index contributed by atoms with van der Waals surface area (Å²) in [4.78, 5) is 13.7. The predicted molar refractivity (Wildman–Crippen MR) is 79.0 cm³/mol. The number of aliphatic hydroxyl groups is 1. The average Bonchev–Trinajstić information content (AvgIpc) is 2.58. The van der Waals surface area contributed by atoms with Crippen LogP contribution in [-0.2, 0) is 11.3 Å². The van der Waals surface area contributed by atoms with Crippen molar-refractivity contribution < 1.29 is 14.3 Å². The standard InChI is InChI=1S/C15H18ClFN2O2/c1-15(2,3)13-12(20)11(18)14(21)19(13)7-8-4-5-10(17)9(16)6-8/h4-6,13,20H,7,18H2,1-3H3. The second-order valence-corrected chi connectivity index (χ2v) is 6.66. The summed E-state index contributed by atoms with van der Waals surface area (Å²) < 4.78 is 13.2. The molecule has 1 aliphatic rings. The zero-order valence-electron chi connectivity index (χ0n) is 12.2. The molecule has 0 saturated heterocycles. The van der Waals surface area contributed by atoms with Crippen molar-refractivity contribution in [3.8, 4) is 0 Å². The first-order valence-corrected chi connectivity index (χ1v) is 6.94. The molecular weight excluding hydrogens is 295 g/mol. The molecule has 1 amide bonds. The summed E-state index contributed by atoms with van der Waals surface area (Å²) in [6.45, 7) is 5.92. The first kappa shape index (κ1) is 15.6. The summed E-state index contributed by atoms with van der Waals surface area (Å²) in [7, 11) is 0. The minimum absolute atomic E-state index is 0.00314. The van der Waals surface area contributed by atoms with Crippen LogP contribution in [0.3, 0.4) is 0 Å². The van der Waals surface area contributed by atoms with E-state index in [1.165, 1.54) is 17.0 Å². The second kappa shape index (κ2) is 5.22. The molecule has 0 fully saturated rings. The lowest BCUT2D eigenvalue weighted by atomic mass is 9.85.